The van der Waals surface area contributed by atoms with E-state index in [-0.39, 0.29) is 23.3 Å². The second-order valence-electron chi connectivity index (χ2n) is 5.23. The third-order valence-electron chi connectivity index (χ3n) is 4.38. The lowest BCUT2D eigenvalue weighted by Crippen LogP contribution is -2.60. The van der Waals surface area contributed by atoms with Crippen molar-refractivity contribution in [3.05, 3.63) is 10.1 Å². The molecule has 3 aliphatic rings. The fourth-order valence-corrected chi connectivity index (χ4v) is 5.77. The van der Waals surface area contributed by atoms with Gasteiger partial charge in [-0.25, -0.2) is 0 Å². The van der Waals surface area contributed by atoms with Crippen LogP contribution in [0.3, 0.4) is 0 Å². The van der Waals surface area contributed by atoms with Crippen molar-refractivity contribution in [1.82, 2.24) is 0 Å². The molecule has 3 rings (SSSR count). The molecule has 122 valence electrons. The van der Waals surface area contributed by atoms with E-state index in [2.05, 4.69) is 4.74 Å². The van der Waals surface area contributed by atoms with Crippen LogP contribution in [0.2, 0.25) is 0 Å². The van der Waals surface area contributed by atoms with Crippen LogP contribution in [0.4, 0.5) is 0 Å². The highest BCUT2D eigenvalue weighted by Gasteiger charge is 2.90. The van der Waals surface area contributed by atoms with Gasteiger partial charge in [-0.15, -0.1) is 23.2 Å². The maximum atomic E-state index is 12.1. The average molecular weight is 390 g/mol. The molecule has 0 radical (unpaired) electrons. The number of hydrogen-bond donors (Lipinski definition) is 0. The van der Waals surface area contributed by atoms with E-state index in [0.717, 1.165) is 0 Å². The molecular formula is C13H12Cl4O5. The minimum absolute atomic E-state index is 0.0550. The number of ether oxygens (including phenoxy) is 3. The highest BCUT2D eigenvalue weighted by Crippen LogP contribution is 2.75. The standard InChI is InChI=1S/C13H12Cl4O5/c1-3-20-13(21-4-2)11(16)5-6(10(19)22-9(5)18)12(13,17)8(15)7(11)14/h5-6H,3-4H2,1-2H3/t5-,6+,11+,12-. The Morgan fingerprint density at radius 2 is 1.32 bits per heavy atom. The first-order valence-corrected chi connectivity index (χ1v) is 8.22. The smallest absolute Gasteiger partial charge is 0.319 e. The lowest BCUT2D eigenvalue weighted by atomic mass is 9.84. The molecule has 1 heterocycles. The molecule has 4 atom stereocenters. The maximum Gasteiger partial charge on any atom is 0.319 e. The summed E-state index contributed by atoms with van der Waals surface area (Å²) in [5.41, 5.74) is 0. The van der Waals surface area contributed by atoms with Crippen molar-refractivity contribution in [3.8, 4) is 0 Å². The number of esters is 2. The first-order valence-electron chi connectivity index (χ1n) is 6.71. The summed E-state index contributed by atoms with van der Waals surface area (Å²) in [6.07, 6.45) is 0. The maximum absolute atomic E-state index is 12.1. The largest absolute Gasteiger partial charge is 0.393 e. The van der Waals surface area contributed by atoms with Crippen LogP contribution in [-0.2, 0) is 23.8 Å². The van der Waals surface area contributed by atoms with Crippen molar-refractivity contribution in [2.24, 2.45) is 11.8 Å². The van der Waals surface area contributed by atoms with Gasteiger partial charge in [0.1, 0.15) is 11.8 Å². The van der Waals surface area contributed by atoms with Gasteiger partial charge in [0.05, 0.1) is 10.1 Å². The molecule has 22 heavy (non-hydrogen) atoms. The van der Waals surface area contributed by atoms with E-state index in [1.54, 1.807) is 13.8 Å². The van der Waals surface area contributed by atoms with Crippen molar-refractivity contribution in [2.45, 2.75) is 29.4 Å². The lowest BCUT2D eigenvalue weighted by molar-refractivity contribution is -0.247. The third-order valence-corrected chi connectivity index (χ3v) is 6.99. The zero-order valence-corrected chi connectivity index (χ0v) is 14.6. The molecule has 1 saturated heterocycles. The van der Waals surface area contributed by atoms with Crippen LogP contribution in [0.15, 0.2) is 10.1 Å². The van der Waals surface area contributed by atoms with Gasteiger partial charge in [0, 0.05) is 13.2 Å². The molecule has 0 aromatic rings. The van der Waals surface area contributed by atoms with Crippen molar-refractivity contribution in [2.75, 3.05) is 13.2 Å². The summed E-state index contributed by atoms with van der Waals surface area (Å²) < 4.78 is 16.2. The van der Waals surface area contributed by atoms with Gasteiger partial charge in [-0.2, -0.15) is 0 Å². The molecule has 2 aliphatic carbocycles. The summed E-state index contributed by atoms with van der Waals surface area (Å²) in [7, 11) is 0. The van der Waals surface area contributed by atoms with E-state index >= 15 is 0 Å². The molecule has 0 aromatic carbocycles. The second-order valence-corrected chi connectivity index (χ2v) is 7.18. The zero-order valence-electron chi connectivity index (χ0n) is 11.6. The van der Waals surface area contributed by atoms with Gasteiger partial charge in [0.25, 0.3) is 0 Å². The Hall–Kier alpha value is -0.0400. The molecular weight excluding hydrogens is 378 g/mol. The molecule has 0 unspecified atom stereocenters. The Balaban J connectivity index is 2.32. The number of fused-ring (bicyclic) bond motifs is 5. The summed E-state index contributed by atoms with van der Waals surface area (Å²) in [5, 5.41) is -0.110. The SMILES string of the molecule is CCOC1(OCC)[C@@]2(Cl)C(Cl)=C(Cl)[C@]1(Cl)[C@@H]1C(=O)OC(=O)[C@@H]12. The third kappa shape index (κ3) is 1.47. The molecule has 0 N–H and O–H groups in total. The number of carbonyl (C=O) groups is 2. The van der Waals surface area contributed by atoms with Crippen molar-refractivity contribution >= 4 is 58.3 Å². The Morgan fingerprint density at radius 1 is 0.955 bits per heavy atom. The van der Waals surface area contributed by atoms with E-state index in [0.29, 0.717) is 0 Å². The Kier molecular flexibility index (Phi) is 3.80. The fourth-order valence-electron chi connectivity index (χ4n) is 3.71. The fraction of sp³-hybridized carbons (Fsp3) is 0.692. The molecule has 9 heteroatoms. The number of alkyl halides is 2. The number of cyclic esters (lactones) is 2. The minimum Gasteiger partial charge on any atom is -0.393 e. The van der Waals surface area contributed by atoms with Gasteiger partial charge in [-0.3, -0.25) is 9.59 Å². The van der Waals surface area contributed by atoms with E-state index in [4.69, 9.17) is 55.9 Å². The van der Waals surface area contributed by atoms with Gasteiger partial charge in [0.2, 0.25) is 5.79 Å². The molecule has 2 fully saturated rings. The number of hydrogen-bond acceptors (Lipinski definition) is 5. The molecule has 0 aromatic heterocycles. The highest BCUT2D eigenvalue weighted by atomic mass is 35.5. The van der Waals surface area contributed by atoms with Crippen molar-refractivity contribution in [1.29, 1.82) is 0 Å². The number of carbonyl (C=O) groups excluding carboxylic acids is 2. The first kappa shape index (κ1) is 16.8. The summed E-state index contributed by atoms with van der Waals surface area (Å²) in [6, 6.07) is 0. The summed E-state index contributed by atoms with van der Waals surface area (Å²) in [5.74, 6) is -5.58. The van der Waals surface area contributed by atoms with Crippen LogP contribution in [0.25, 0.3) is 0 Å². The van der Waals surface area contributed by atoms with Gasteiger partial charge in [-0.05, 0) is 13.8 Å². The molecule has 5 nitrogen and oxygen atoms in total. The topological polar surface area (TPSA) is 61.8 Å². The van der Waals surface area contributed by atoms with E-state index in [1.807, 2.05) is 0 Å². The Labute approximate surface area is 146 Å². The monoisotopic (exact) mass is 388 g/mol. The summed E-state index contributed by atoms with van der Waals surface area (Å²) in [6.45, 7) is 3.74. The molecule has 1 saturated carbocycles. The predicted octanol–water partition coefficient (Wildman–Crippen LogP) is 2.74. The zero-order chi connectivity index (χ0) is 16.5. The van der Waals surface area contributed by atoms with Crippen molar-refractivity contribution < 1.29 is 23.8 Å². The molecule has 1 aliphatic heterocycles. The van der Waals surface area contributed by atoms with Gasteiger partial charge >= 0.3 is 11.9 Å². The van der Waals surface area contributed by atoms with Crippen LogP contribution in [0.1, 0.15) is 13.8 Å². The Bertz CT molecular complexity index is 555. The molecule has 0 amide bonds. The predicted molar refractivity (Wildman–Crippen MR) is 80.0 cm³/mol. The van der Waals surface area contributed by atoms with Crippen LogP contribution in [0.5, 0.6) is 0 Å². The van der Waals surface area contributed by atoms with Gasteiger partial charge in [-0.1, -0.05) is 23.2 Å². The normalized spacial score (nSPS) is 42.1. The minimum atomic E-state index is -1.73. The average Bonchev–Trinajstić information content (AvgIpc) is 2.89. The van der Waals surface area contributed by atoms with E-state index in [9.17, 15) is 9.59 Å². The number of halogens is 4. The number of rotatable bonds is 4. The van der Waals surface area contributed by atoms with Crippen LogP contribution in [-0.4, -0.2) is 40.7 Å². The first-order chi connectivity index (χ1) is 10.2. The summed E-state index contributed by atoms with van der Waals surface area (Å²) >= 11 is 26.0. The quantitative estimate of drug-likeness (QED) is 0.320. The molecule has 0 spiro atoms. The second kappa shape index (κ2) is 4.98. The summed E-state index contributed by atoms with van der Waals surface area (Å²) in [4.78, 5) is 20.8. The van der Waals surface area contributed by atoms with E-state index < -0.39 is 39.3 Å². The van der Waals surface area contributed by atoms with Crippen LogP contribution < -0.4 is 0 Å². The van der Waals surface area contributed by atoms with Gasteiger partial charge in [0.15, 0.2) is 9.75 Å². The van der Waals surface area contributed by atoms with Crippen LogP contribution >= 0.6 is 46.4 Å². The van der Waals surface area contributed by atoms with Crippen molar-refractivity contribution in [3.63, 3.8) is 0 Å². The molecule has 2 bridgehead atoms. The Morgan fingerprint density at radius 3 is 1.64 bits per heavy atom. The van der Waals surface area contributed by atoms with Crippen LogP contribution in [0, 0.1) is 11.8 Å². The lowest BCUT2D eigenvalue weighted by Gasteiger charge is -2.43. The van der Waals surface area contributed by atoms with Gasteiger partial charge < -0.3 is 14.2 Å². The van der Waals surface area contributed by atoms with E-state index in [1.165, 1.54) is 0 Å². The highest BCUT2D eigenvalue weighted by molar-refractivity contribution is 6.53.